The van der Waals surface area contributed by atoms with Crippen molar-refractivity contribution in [3.63, 3.8) is 0 Å². The van der Waals surface area contributed by atoms with Crippen molar-refractivity contribution < 1.29 is 84.5 Å². The van der Waals surface area contributed by atoms with Gasteiger partial charge in [0.15, 0.2) is 0 Å². The van der Waals surface area contributed by atoms with Crippen molar-refractivity contribution in [2.45, 2.75) is 67.9 Å². The number of carboxylic acids is 1. The van der Waals surface area contributed by atoms with Crippen LogP contribution in [-0.4, -0.2) is 58.7 Å². The molecule has 0 aliphatic rings. The Bertz CT molecular complexity index is 790. The number of hydrogen-bond donors (Lipinski definition) is 1. The van der Waals surface area contributed by atoms with Crippen molar-refractivity contribution in [3.8, 4) is 0 Å². The van der Waals surface area contributed by atoms with Crippen LogP contribution in [-0.2, 0) is 4.79 Å². The van der Waals surface area contributed by atoms with Gasteiger partial charge in [0.1, 0.15) is 0 Å². The van der Waals surface area contributed by atoms with Crippen molar-refractivity contribution in [3.05, 3.63) is 11.1 Å². The molecule has 1 N–H and O–H groups in total. The molecule has 0 atom stereocenters. The Morgan fingerprint density at radius 3 is 1.09 bits per heavy atom. The van der Waals surface area contributed by atoms with Crippen LogP contribution in [0.15, 0.2) is 11.1 Å². The summed E-state index contributed by atoms with van der Waals surface area (Å²) >= 11 is 0. The van der Waals surface area contributed by atoms with Gasteiger partial charge in [-0.25, -0.2) is 4.79 Å². The number of allylic oxidation sites excluding steroid dienone is 1. The monoisotopic (exact) mass is 532 g/mol. The fourth-order valence-electron chi connectivity index (χ4n) is 2.21. The molecule has 0 aliphatic heterocycles. The number of hydrogen-bond acceptors (Lipinski definition) is 1. The van der Waals surface area contributed by atoms with Crippen molar-refractivity contribution >= 4 is 5.97 Å². The molecular weight excluding hydrogens is 523 g/mol. The molecule has 0 fully saturated rings. The molecule has 0 heterocycles. The summed E-state index contributed by atoms with van der Waals surface area (Å²) in [6, 6.07) is 0. The summed E-state index contributed by atoms with van der Waals surface area (Å²) in [5.41, 5.74) is -4.52. The lowest BCUT2D eigenvalue weighted by Gasteiger charge is -2.43. The number of carboxylic acid groups (broad SMARTS) is 1. The zero-order valence-corrected chi connectivity index (χ0v) is 15.5. The second-order valence-electron chi connectivity index (χ2n) is 6.28. The van der Waals surface area contributed by atoms with Crippen LogP contribution in [0.5, 0.6) is 0 Å². The zero-order valence-electron chi connectivity index (χ0n) is 15.5. The van der Waals surface area contributed by atoms with Crippen molar-refractivity contribution in [2.75, 3.05) is 0 Å². The third kappa shape index (κ3) is 3.97. The third-order valence-corrected chi connectivity index (χ3v) is 4.23. The van der Waals surface area contributed by atoms with Crippen LogP contribution in [0.25, 0.3) is 0 Å². The molecular formula is C14H9F17O2. The summed E-state index contributed by atoms with van der Waals surface area (Å²) in [7, 11) is 0. The number of aliphatic carboxylic acids is 1. The first-order valence-electron chi connectivity index (χ1n) is 7.70. The zero-order chi connectivity index (χ0) is 27.4. The maximum Gasteiger partial charge on any atom is 0.460 e. The van der Waals surface area contributed by atoms with E-state index in [2.05, 4.69) is 0 Å². The van der Waals surface area contributed by atoms with Gasteiger partial charge in [-0.3, -0.25) is 0 Å². The van der Waals surface area contributed by atoms with Crippen LogP contribution in [0.1, 0.15) is 20.3 Å². The molecule has 0 aromatic rings. The molecule has 0 amide bonds. The van der Waals surface area contributed by atoms with Gasteiger partial charge in [0, 0.05) is 11.1 Å². The lowest BCUT2D eigenvalue weighted by atomic mass is 9.85. The van der Waals surface area contributed by atoms with E-state index in [4.69, 9.17) is 5.11 Å². The van der Waals surface area contributed by atoms with Crippen LogP contribution >= 0.6 is 0 Å². The Kier molecular flexibility index (Phi) is 7.57. The minimum atomic E-state index is -8.72. The largest absolute Gasteiger partial charge is 0.478 e. The Balaban J connectivity index is 7.08. The first-order valence-corrected chi connectivity index (χ1v) is 7.70. The molecule has 0 saturated carbocycles. The highest BCUT2D eigenvalue weighted by atomic mass is 19.4. The van der Waals surface area contributed by atoms with E-state index >= 15 is 0 Å². The minimum absolute atomic E-state index is 0.0358. The fourth-order valence-corrected chi connectivity index (χ4v) is 2.21. The van der Waals surface area contributed by atoms with Gasteiger partial charge in [-0.1, -0.05) is 6.92 Å². The Morgan fingerprint density at radius 2 is 0.848 bits per heavy atom. The molecule has 0 saturated heterocycles. The predicted octanol–water partition coefficient (Wildman–Crippen LogP) is 6.81. The summed E-state index contributed by atoms with van der Waals surface area (Å²) in [6.07, 6.45) is -9.49. The molecule has 0 aromatic heterocycles. The summed E-state index contributed by atoms with van der Waals surface area (Å²) in [4.78, 5) is 10.6. The molecule has 2 nitrogen and oxygen atoms in total. The molecule has 19 heteroatoms. The lowest BCUT2D eigenvalue weighted by molar-refractivity contribution is -0.460. The highest BCUT2D eigenvalue weighted by Crippen LogP contribution is 2.64. The summed E-state index contributed by atoms with van der Waals surface area (Å²) in [6.45, 7) is 0.392. The van der Waals surface area contributed by atoms with E-state index in [-0.39, 0.29) is 6.92 Å². The van der Waals surface area contributed by atoms with Gasteiger partial charge in [-0.2, -0.15) is 74.6 Å². The highest BCUT2D eigenvalue weighted by Gasteiger charge is 2.95. The number of rotatable bonds is 9. The Labute approximate surface area is 171 Å². The van der Waals surface area contributed by atoms with Gasteiger partial charge in [-0.05, 0) is 13.3 Å². The molecule has 0 bridgehead atoms. The van der Waals surface area contributed by atoms with Crippen molar-refractivity contribution in [1.29, 1.82) is 0 Å². The van der Waals surface area contributed by atoms with Gasteiger partial charge in [0.05, 0.1) is 0 Å². The van der Waals surface area contributed by atoms with E-state index < -0.39 is 71.2 Å². The van der Waals surface area contributed by atoms with Gasteiger partial charge in [-0.15, -0.1) is 0 Å². The smallest absolute Gasteiger partial charge is 0.460 e. The molecule has 0 rings (SSSR count). The van der Waals surface area contributed by atoms with Crippen LogP contribution in [0.2, 0.25) is 0 Å². The minimum Gasteiger partial charge on any atom is -0.478 e. The molecule has 33 heavy (non-hydrogen) atoms. The van der Waals surface area contributed by atoms with Crippen LogP contribution in [0, 0.1) is 0 Å². The molecule has 0 spiro atoms. The van der Waals surface area contributed by atoms with Gasteiger partial charge in [0.2, 0.25) is 0 Å². The Hall–Kier alpha value is -1.98. The first-order chi connectivity index (χ1) is 14.1. The lowest BCUT2D eigenvalue weighted by Crippen LogP contribution is -2.74. The summed E-state index contributed by atoms with van der Waals surface area (Å²) < 4.78 is 224. The van der Waals surface area contributed by atoms with E-state index in [1.807, 2.05) is 0 Å². The van der Waals surface area contributed by atoms with Gasteiger partial charge < -0.3 is 5.11 Å². The van der Waals surface area contributed by atoms with E-state index in [9.17, 15) is 79.4 Å². The van der Waals surface area contributed by atoms with Crippen LogP contribution < -0.4 is 0 Å². The topological polar surface area (TPSA) is 37.3 Å². The average Bonchev–Trinajstić information content (AvgIpc) is 2.59. The maximum atomic E-state index is 14.0. The third-order valence-electron chi connectivity index (χ3n) is 4.23. The molecule has 196 valence electrons. The number of halogens is 17. The van der Waals surface area contributed by atoms with Crippen LogP contribution in [0.4, 0.5) is 74.6 Å². The summed E-state index contributed by atoms with van der Waals surface area (Å²) in [5, 5.41) is 8.50. The highest BCUT2D eigenvalue weighted by molar-refractivity contribution is 5.87. The summed E-state index contributed by atoms with van der Waals surface area (Å²) in [5.74, 6) is -60.0. The number of carbonyl (C=O) groups is 1. The maximum absolute atomic E-state index is 14.0. The van der Waals surface area contributed by atoms with Gasteiger partial charge in [0.25, 0.3) is 0 Å². The molecule has 0 radical (unpaired) electrons. The van der Waals surface area contributed by atoms with E-state index in [1.54, 1.807) is 0 Å². The van der Waals surface area contributed by atoms with Gasteiger partial charge >= 0.3 is 53.6 Å². The van der Waals surface area contributed by atoms with Crippen LogP contribution in [0.3, 0.4) is 0 Å². The fraction of sp³-hybridized carbons (Fsp3) is 0.786. The van der Waals surface area contributed by atoms with Crippen molar-refractivity contribution in [1.82, 2.24) is 0 Å². The predicted molar refractivity (Wildman–Crippen MR) is 71.3 cm³/mol. The molecule has 0 unspecified atom stereocenters. The number of alkyl halides is 17. The second-order valence-corrected chi connectivity index (χ2v) is 6.28. The Morgan fingerprint density at radius 1 is 0.576 bits per heavy atom. The van der Waals surface area contributed by atoms with E-state index in [0.717, 1.165) is 0 Å². The first kappa shape index (κ1) is 31.0. The average molecular weight is 532 g/mol. The standard InChI is InChI=1S/C14H9F17O2/c1-3-5(4(2)6(32)33)7(15,16)8(17,18)9(19,20)10(21,22)11(23,24)12(25,26)13(27,28)14(29,30)31/h3H2,1-2H3,(H,32,33)/b5-4+. The van der Waals surface area contributed by atoms with Crippen molar-refractivity contribution in [2.24, 2.45) is 0 Å². The normalized spacial score (nSPS) is 16.6. The molecule has 0 aliphatic carbocycles. The quantitative estimate of drug-likeness (QED) is 0.262. The van der Waals surface area contributed by atoms with E-state index in [0.29, 0.717) is 6.92 Å². The molecule has 0 aromatic carbocycles. The SMILES string of the molecule is CC/C(=C(/C)C(=O)O)C(F)(F)C(F)(F)C(F)(F)C(F)(F)C(F)(F)C(F)(F)C(F)(F)C(F)(F)F. The second kappa shape index (κ2) is 8.06. The van der Waals surface area contributed by atoms with E-state index in [1.165, 1.54) is 0 Å².